The second kappa shape index (κ2) is 5.45. The van der Waals surface area contributed by atoms with Crippen LogP contribution in [0.3, 0.4) is 0 Å². The van der Waals surface area contributed by atoms with Gasteiger partial charge >= 0.3 is 0 Å². The number of nitrogens with one attached hydrogen (secondary N) is 1. The van der Waals surface area contributed by atoms with E-state index in [1.165, 1.54) is 16.4 Å². The normalized spacial score (nSPS) is 25.9. The summed E-state index contributed by atoms with van der Waals surface area (Å²) in [6.07, 6.45) is 1.79. The van der Waals surface area contributed by atoms with Crippen LogP contribution in [-0.4, -0.2) is 43.8 Å². The van der Waals surface area contributed by atoms with E-state index in [9.17, 15) is 18.5 Å². The zero-order chi connectivity index (χ0) is 16.0. The Kier molecular flexibility index (Phi) is 3.88. The third kappa shape index (κ3) is 2.60. The highest BCUT2D eigenvalue weighted by atomic mass is 35.5. The van der Waals surface area contributed by atoms with E-state index in [1.54, 1.807) is 0 Å². The number of hydrogen-bond donors (Lipinski definition) is 1. The average molecular weight is 346 g/mol. The average Bonchev–Trinajstić information content (AvgIpc) is 3.09. The number of non-ortho nitro benzene ring substituents is 1. The smallest absolute Gasteiger partial charge is 0.271 e. The minimum atomic E-state index is -3.72. The summed E-state index contributed by atoms with van der Waals surface area (Å²) >= 11 is 5.96. The molecule has 2 aliphatic rings. The number of halogens is 1. The van der Waals surface area contributed by atoms with E-state index >= 15 is 0 Å². The van der Waals surface area contributed by atoms with Crippen molar-refractivity contribution in [1.82, 2.24) is 9.62 Å². The number of nitro benzene ring substituents is 1. The summed E-state index contributed by atoms with van der Waals surface area (Å²) in [4.78, 5) is 10.1. The minimum Gasteiger partial charge on any atom is -0.316 e. The Morgan fingerprint density at radius 2 is 2.14 bits per heavy atom. The van der Waals surface area contributed by atoms with Gasteiger partial charge < -0.3 is 5.32 Å². The van der Waals surface area contributed by atoms with Crippen molar-refractivity contribution in [2.75, 3.05) is 26.2 Å². The molecule has 9 heteroatoms. The van der Waals surface area contributed by atoms with E-state index in [0.29, 0.717) is 13.1 Å². The van der Waals surface area contributed by atoms with Crippen molar-refractivity contribution in [2.45, 2.75) is 17.7 Å². The highest BCUT2D eigenvalue weighted by Gasteiger charge is 2.44. The summed E-state index contributed by atoms with van der Waals surface area (Å²) in [5, 5.41) is 13.9. The van der Waals surface area contributed by atoms with Gasteiger partial charge in [0, 0.05) is 31.8 Å². The van der Waals surface area contributed by atoms with E-state index in [2.05, 4.69) is 5.32 Å². The van der Waals surface area contributed by atoms with E-state index in [-0.39, 0.29) is 21.0 Å². The first-order valence-electron chi connectivity index (χ1n) is 6.99. The first-order chi connectivity index (χ1) is 10.3. The van der Waals surface area contributed by atoms with Crippen LogP contribution in [0.15, 0.2) is 23.1 Å². The lowest BCUT2D eigenvalue weighted by Gasteiger charge is -2.22. The third-order valence-electron chi connectivity index (χ3n) is 4.48. The van der Waals surface area contributed by atoms with Gasteiger partial charge in [-0.15, -0.1) is 0 Å². The molecule has 2 saturated heterocycles. The van der Waals surface area contributed by atoms with Gasteiger partial charge in [0.15, 0.2) is 0 Å². The summed E-state index contributed by atoms with van der Waals surface area (Å²) in [5.74, 6) is 0. The molecule has 1 N–H and O–H groups in total. The summed E-state index contributed by atoms with van der Waals surface area (Å²) in [6.45, 7) is 2.66. The zero-order valence-corrected chi connectivity index (χ0v) is 13.4. The van der Waals surface area contributed by atoms with Crippen molar-refractivity contribution < 1.29 is 13.3 Å². The quantitative estimate of drug-likeness (QED) is 0.663. The van der Waals surface area contributed by atoms with Crippen LogP contribution in [0, 0.1) is 15.5 Å². The fourth-order valence-corrected chi connectivity index (χ4v) is 5.26. The Bertz CT molecular complexity index is 716. The Balaban J connectivity index is 1.89. The van der Waals surface area contributed by atoms with Crippen molar-refractivity contribution in [3.8, 4) is 0 Å². The lowest BCUT2D eigenvalue weighted by atomic mass is 9.87. The lowest BCUT2D eigenvalue weighted by Crippen LogP contribution is -2.33. The molecule has 1 unspecified atom stereocenters. The molecule has 1 spiro atoms. The molecule has 22 heavy (non-hydrogen) atoms. The predicted octanol–water partition coefficient (Wildman–Crippen LogP) is 1.62. The lowest BCUT2D eigenvalue weighted by molar-refractivity contribution is -0.384. The van der Waals surface area contributed by atoms with Gasteiger partial charge in [0.2, 0.25) is 10.0 Å². The highest BCUT2D eigenvalue weighted by molar-refractivity contribution is 7.89. The maximum absolute atomic E-state index is 12.7. The fourth-order valence-electron chi connectivity index (χ4n) is 3.19. The molecule has 1 aromatic carbocycles. The summed E-state index contributed by atoms with van der Waals surface area (Å²) < 4.78 is 26.9. The first kappa shape index (κ1) is 15.7. The molecule has 2 heterocycles. The van der Waals surface area contributed by atoms with Crippen LogP contribution in [0.4, 0.5) is 5.69 Å². The van der Waals surface area contributed by atoms with Gasteiger partial charge in [0.25, 0.3) is 5.69 Å². The maximum Gasteiger partial charge on any atom is 0.271 e. The Labute approximate surface area is 133 Å². The van der Waals surface area contributed by atoms with Gasteiger partial charge in [-0.1, -0.05) is 11.6 Å². The maximum atomic E-state index is 12.7. The van der Waals surface area contributed by atoms with E-state index in [1.807, 2.05) is 0 Å². The highest BCUT2D eigenvalue weighted by Crippen LogP contribution is 2.39. The molecule has 0 aromatic heterocycles. The topological polar surface area (TPSA) is 92.5 Å². The molecule has 0 aliphatic carbocycles. The molecule has 3 rings (SSSR count). The molecule has 1 atom stereocenters. The molecule has 0 radical (unpaired) electrons. The Morgan fingerprint density at radius 1 is 1.36 bits per heavy atom. The Hall–Kier alpha value is -1.22. The van der Waals surface area contributed by atoms with Gasteiger partial charge in [0.1, 0.15) is 4.90 Å². The molecule has 0 bridgehead atoms. The second-order valence-corrected chi connectivity index (χ2v) is 8.20. The van der Waals surface area contributed by atoms with Gasteiger partial charge in [-0.3, -0.25) is 10.1 Å². The number of nitrogens with zero attached hydrogens (tertiary/aromatic N) is 2. The minimum absolute atomic E-state index is 0.0142. The monoisotopic (exact) mass is 345 g/mol. The van der Waals surface area contributed by atoms with Crippen molar-refractivity contribution in [3.63, 3.8) is 0 Å². The van der Waals surface area contributed by atoms with Gasteiger partial charge in [-0.25, -0.2) is 8.42 Å². The molecule has 0 saturated carbocycles. The second-order valence-electron chi connectivity index (χ2n) is 5.89. The third-order valence-corrected chi connectivity index (χ3v) is 6.81. The molecular formula is C13H16ClN3O4S. The van der Waals surface area contributed by atoms with Crippen molar-refractivity contribution >= 4 is 27.3 Å². The van der Waals surface area contributed by atoms with Crippen LogP contribution >= 0.6 is 11.6 Å². The van der Waals surface area contributed by atoms with Crippen LogP contribution in [0.25, 0.3) is 0 Å². The molecule has 2 fully saturated rings. The van der Waals surface area contributed by atoms with Crippen LogP contribution < -0.4 is 5.32 Å². The molecular weight excluding hydrogens is 330 g/mol. The zero-order valence-electron chi connectivity index (χ0n) is 11.8. The van der Waals surface area contributed by atoms with Crippen LogP contribution in [0.5, 0.6) is 0 Å². The van der Waals surface area contributed by atoms with Gasteiger partial charge in [0.05, 0.1) is 9.95 Å². The van der Waals surface area contributed by atoms with Crippen molar-refractivity contribution in [2.24, 2.45) is 5.41 Å². The van der Waals surface area contributed by atoms with Crippen LogP contribution in [0.2, 0.25) is 5.02 Å². The van der Waals surface area contributed by atoms with E-state index < -0.39 is 14.9 Å². The van der Waals surface area contributed by atoms with E-state index in [4.69, 9.17) is 11.6 Å². The molecule has 2 aliphatic heterocycles. The number of benzene rings is 1. The summed E-state index contributed by atoms with van der Waals surface area (Å²) in [7, 11) is -3.72. The molecule has 120 valence electrons. The number of nitro groups is 1. The standard InChI is InChI=1S/C13H16ClN3O4S/c14-11-7-10(17(18)19)1-2-12(11)22(20,21)16-6-4-13(9-16)3-5-15-8-13/h1-2,7,15H,3-6,8-9H2. The van der Waals surface area contributed by atoms with Crippen LogP contribution in [-0.2, 0) is 10.0 Å². The van der Waals surface area contributed by atoms with Gasteiger partial charge in [-0.2, -0.15) is 4.31 Å². The summed E-state index contributed by atoms with van der Waals surface area (Å²) in [6, 6.07) is 3.47. The van der Waals surface area contributed by atoms with Crippen molar-refractivity contribution in [1.29, 1.82) is 0 Å². The van der Waals surface area contributed by atoms with Crippen LogP contribution in [0.1, 0.15) is 12.8 Å². The largest absolute Gasteiger partial charge is 0.316 e. The molecule has 1 aromatic rings. The summed E-state index contributed by atoms with van der Waals surface area (Å²) in [5.41, 5.74) is -0.206. The predicted molar refractivity (Wildman–Crippen MR) is 81.4 cm³/mol. The van der Waals surface area contributed by atoms with Crippen molar-refractivity contribution in [3.05, 3.63) is 33.3 Å². The van der Waals surface area contributed by atoms with Gasteiger partial charge in [-0.05, 0) is 30.9 Å². The SMILES string of the molecule is O=[N+]([O-])c1ccc(S(=O)(=O)N2CCC3(CCNC3)C2)c(Cl)c1. The molecule has 7 nitrogen and oxygen atoms in total. The Morgan fingerprint density at radius 3 is 2.73 bits per heavy atom. The number of sulfonamides is 1. The molecule has 0 amide bonds. The fraction of sp³-hybridized carbons (Fsp3) is 0.538. The van der Waals surface area contributed by atoms with E-state index in [0.717, 1.165) is 32.0 Å². The first-order valence-corrected chi connectivity index (χ1v) is 8.81. The number of hydrogen-bond acceptors (Lipinski definition) is 5. The number of rotatable bonds is 3.